The third-order valence-corrected chi connectivity index (χ3v) is 5.78. The Kier molecular flexibility index (Phi) is 5.28. The Morgan fingerprint density at radius 2 is 1.83 bits per heavy atom. The van der Waals surface area contributed by atoms with E-state index in [2.05, 4.69) is 9.97 Å². The number of pyridine rings is 2. The number of fused-ring (bicyclic) bond motifs is 2. The highest BCUT2D eigenvalue weighted by molar-refractivity contribution is 6.30. The predicted molar refractivity (Wildman–Crippen MR) is 127 cm³/mol. The summed E-state index contributed by atoms with van der Waals surface area (Å²) in [7, 11) is 4.83. The lowest BCUT2D eigenvalue weighted by atomic mass is 10.2. The van der Waals surface area contributed by atoms with Crippen LogP contribution in [0.3, 0.4) is 0 Å². The van der Waals surface area contributed by atoms with E-state index >= 15 is 0 Å². The number of halogens is 3. The van der Waals surface area contributed by atoms with Crippen molar-refractivity contribution in [2.24, 2.45) is 0 Å². The van der Waals surface area contributed by atoms with E-state index in [4.69, 9.17) is 16.3 Å². The summed E-state index contributed by atoms with van der Waals surface area (Å²) in [6, 6.07) is 7.65. The Morgan fingerprint density at radius 1 is 1.06 bits per heavy atom. The number of imidazole rings is 1. The molecule has 0 fully saturated rings. The molecule has 0 atom stereocenters. The van der Waals surface area contributed by atoms with Crippen LogP contribution in [-0.2, 0) is 0 Å². The molecule has 0 aliphatic heterocycles. The molecule has 0 saturated heterocycles. The number of rotatable bonds is 4. The van der Waals surface area contributed by atoms with Crippen molar-refractivity contribution in [2.75, 3.05) is 26.1 Å². The smallest absolute Gasteiger partial charge is 0.342 e. The first-order valence-corrected chi connectivity index (χ1v) is 10.6. The molecule has 0 aliphatic rings. The molecule has 9 nitrogen and oxygen atoms in total. The molecule has 0 radical (unpaired) electrons. The van der Waals surface area contributed by atoms with Gasteiger partial charge in [-0.05, 0) is 24.3 Å². The quantitative estimate of drug-likeness (QED) is 0.378. The van der Waals surface area contributed by atoms with Gasteiger partial charge in [-0.3, -0.25) is 13.8 Å². The lowest BCUT2D eigenvalue weighted by Crippen LogP contribution is -2.39. The van der Waals surface area contributed by atoms with Gasteiger partial charge in [0.25, 0.3) is 5.56 Å². The lowest BCUT2D eigenvalue weighted by Gasteiger charge is -2.18. The molecule has 5 rings (SSSR count). The van der Waals surface area contributed by atoms with Crippen molar-refractivity contribution in [2.45, 2.75) is 0 Å². The van der Waals surface area contributed by atoms with Crippen LogP contribution in [0.2, 0.25) is 5.02 Å². The summed E-state index contributed by atoms with van der Waals surface area (Å²) in [5.41, 5.74) is -0.937. The summed E-state index contributed by atoms with van der Waals surface area (Å²) in [6.07, 6.45) is 2.63. The predicted octanol–water partition coefficient (Wildman–Crippen LogP) is 3.19. The van der Waals surface area contributed by atoms with Crippen LogP contribution in [0.15, 0.2) is 58.4 Å². The van der Waals surface area contributed by atoms with Gasteiger partial charge < -0.3 is 9.64 Å². The normalized spacial score (nSPS) is 11.4. The molecule has 178 valence electrons. The zero-order valence-electron chi connectivity index (χ0n) is 18.7. The van der Waals surface area contributed by atoms with Gasteiger partial charge in [-0.1, -0.05) is 11.6 Å². The van der Waals surface area contributed by atoms with Crippen LogP contribution in [0.25, 0.3) is 28.1 Å². The number of methoxy groups -OCH3 is 1. The number of hydrogen-bond donors (Lipinski definition) is 0. The minimum absolute atomic E-state index is 0.00444. The fourth-order valence-electron chi connectivity index (χ4n) is 3.84. The number of hydrogen-bond acceptors (Lipinski definition) is 6. The van der Waals surface area contributed by atoms with Crippen LogP contribution < -0.4 is 20.9 Å². The van der Waals surface area contributed by atoms with E-state index in [1.807, 2.05) is 0 Å². The van der Waals surface area contributed by atoms with Crippen molar-refractivity contribution in [3.05, 3.63) is 86.3 Å². The van der Waals surface area contributed by atoms with Gasteiger partial charge in [-0.15, -0.1) is 0 Å². The Morgan fingerprint density at radius 3 is 2.51 bits per heavy atom. The molecule has 0 spiro atoms. The molecule has 0 unspecified atom stereocenters. The number of ether oxygens (including phenoxy) is 1. The van der Waals surface area contributed by atoms with E-state index in [0.29, 0.717) is 5.82 Å². The summed E-state index contributed by atoms with van der Waals surface area (Å²) in [5.74, 6) is -0.735. The molecule has 12 heteroatoms. The molecule has 0 saturated carbocycles. The average molecular weight is 499 g/mol. The van der Waals surface area contributed by atoms with Crippen LogP contribution in [0, 0.1) is 11.6 Å². The third kappa shape index (κ3) is 3.51. The maximum Gasteiger partial charge on any atom is 0.342 e. The van der Waals surface area contributed by atoms with E-state index in [-0.39, 0.29) is 39.0 Å². The van der Waals surface area contributed by atoms with Gasteiger partial charge in [0.2, 0.25) is 5.88 Å². The van der Waals surface area contributed by atoms with E-state index < -0.39 is 22.9 Å². The molecule has 1 aromatic carbocycles. The zero-order chi connectivity index (χ0) is 25.0. The second-order valence-electron chi connectivity index (χ2n) is 7.82. The Labute approximate surface area is 201 Å². The van der Waals surface area contributed by atoms with Gasteiger partial charge in [-0.2, -0.15) is 4.98 Å². The highest BCUT2D eigenvalue weighted by Gasteiger charge is 2.23. The Balaban J connectivity index is 2.00. The molecule has 35 heavy (non-hydrogen) atoms. The third-order valence-electron chi connectivity index (χ3n) is 5.49. The number of benzene rings is 1. The van der Waals surface area contributed by atoms with Crippen LogP contribution in [0.1, 0.15) is 0 Å². The molecule has 0 aliphatic carbocycles. The Hall–Kier alpha value is -4.25. The number of aromatic nitrogens is 5. The average Bonchev–Trinajstić information content (AvgIpc) is 3.23. The van der Waals surface area contributed by atoms with Gasteiger partial charge in [-0.25, -0.2) is 23.1 Å². The van der Waals surface area contributed by atoms with Crippen molar-refractivity contribution < 1.29 is 13.5 Å². The fraction of sp³-hybridized carbons (Fsp3) is 0.130. The van der Waals surface area contributed by atoms with Crippen LogP contribution in [-0.4, -0.2) is 44.7 Å². The van der Waals surface area contributed by atoms with Gasteiger partial charge >= 0.3 is 5.69 Å². The SMILES string of the molecule is COc1nc(N(C)C)cc2c1c(=O)n(-c1cnc3cc(F)ccn13)c(=O)n2-c1ccc(F)c(Cl)c1. The highest BCUT2D eigenvalue weighted by atomic mass is 35.5. The van der Waals surface area contributed by atoms with Crippen molar-refractivity contribution in [1.29, 1.82) is 0 Å². The molecule has 5 aromatic rings. The van der Waals surface area contributed by atoms with Crippen molar-refractivity contribution in [3.8, 4) is 17.4 Å². The molecule has 4 aromatic heterocycles. The lowest BCUT2D eigenvalue weighted by molar-refractivity contribution is 0.403. The minimum atomic E-state index is -0.783. The maximum atomic E-state index is 13.9. The molecular weight excluding hydrogens is 482 g/mol. The van der Waals surface area contributed by atoms with E-state index in [1.165, 1.54) is 52.7 Å². The van der Waals surface area contributed by atoms with Crippen LogP contribution >= 0.6 is 11.6 Å². The summed E-state index contributed by atoms with van der Waals surface area (Å²) in [4.78, 5) is 37.8. The molecule has 0 bridgehead atoms. The Bertz CT molecular complexity index is 1760. The van der Waals surface area contributed by atoms with Crippen molar-refractivity contribution >= 4 is 34.0 Å². The van der Waals surface area contributed by atoms with Gasteiger partial charge in [0.15, 0.2) is 0 Å². The first-order chi connectivity index (χ1) is 16.7. The molecular formula is C23H17ClF2N6O3. The van der Waals surface area contributed by atoms with E-state index in [0.717, 1.165) is 10.6 Å². The monoisotopic (exact) mass is 498 g/mol. The molecule has 4 heterocycles. The fourth-order valence-corrected chi connectivity index (χ4v) is 4.01. The van der Waals surface area contributed by atoms with E-state index in [1.54, 1.807) is 25.1 Å². The topological polar surface area (TPSA) is 86.7 Å². The zero-order valence-corrected chi connectivity index (χ0v) is 19.4. The van der Waals surface area contributed by atoms with Gasteiger partial charge in [0.1, 0.15) is 34.3 Å². The van der Waals surface area contributed by atoms with E-state index in [9.17, 15) is 18.4 Å². The first-order valence-electron chi connectivity index (χ1n) is 10.2. The van der Waals surface area contributed by atoms with Crippen LogP contribution in [0.4, 0.5) is 14.6 Å². The second-order valence-corrected chi connectivity index (χ2v) is 8.23. The van der Waals surface area contributed by atoms with Gasteiger partial charge in [0, 0.05) is 32.4 Å². The highest BCUT2D eigenvalue weighted by Crippen LogP contribution is 2.28. The minimum Gasteiger partial charge on any atom is -0.480 e. The van der Waals surface area contributed by atoms with Crippen molar-refractivity contribution in [1.82, 2.24) is 23.5 Å². The number of anilines is 1. The summed E-state index contributed by atoms with van der Waals surface area (Å²) in [6.45, 7) is 0. The summed E-state index contributed by atoms with van der Waals surface area (Å²) in [5, 5.41) is -0.213. The van der Waals surface area contributed by atoms with Crippen LogP contribution in [0.5, 0.6) is 5.88 Å². The second kappa shape index (κ2) is 8.20. The standard InChI is InChI=1S/C23H17ClF2N6O3/c1-29(2)18-10-16-20(21(28-18)35-3)22(33)32(19-11-27-17-8-12(25)6-7-30(17)19)23(34)31(16)13-4-5-15(26)14(24)9-13/h4-11H,1-3H3. The maximum absolute atomic E-state index is 13.9. The number of nitrogens with zero attached hydrogens (tertiary/aromatic N) is 6. The first kappa shape index (κ1) is 22.5. The van der Waals surface area contributed by atoms with Crippen molar-refractivity contribution in [3.63, 3.8) is 0 Å². The van der Waals surface area contributed by atoms with Gasteiger partial charge in [0.05, 0.1) is 29.5 Å². The molecule has 0 amide bonds. The summed E-state index contributed by atoms with van der Waals surface area (Å²) >= 11 is 6.02. The summed E-state index contributed by atoms with van der Waals surface area (Å²) < 4.78 is 36.6. The molecule has 0 N–H and O–H groups in total. The largest absolute Gasteiger partial charge is 0.480 e.